The van der Waals surface area contributed by atoms with Crippen molar-refractivity contribution in [2.24, 2.45) is 0 Å². The van der Waals surface area contributed by atoms with E-state index in [0.717, 1.165) is 12.8 Å². The van der Waals surface area contributed by atoms with E-state index in [1.54, 1.807) is 30.9 Å². The van der Waals surface area contributed by atoms with E-state index in [0.29, 0.717) is 17.9 Å². The summed E-state index contributed by atoms with van der Waals surface area (Å²) in [5, 5.41) is 8.89. The molecule has 0 N–H and O–H groups in total. The van der Waals surface area contributed by atoms with Gasteiger partial charge in [-0.2, -0.15) is 5.26 Å². The van der Waals surface area contributed by atoms with Crippen LogP contribution in [0.15, 0.2) is 43.0 Å². The van der Waals surface area contributed by atoms with Gasteiger partial charge >= 0.3 is 0 Å². The number of hydrogen-bond acceptors (Lipinski definition) is 4. The van der Waals surface area contributed by atoms with Crippen LogP contribution >= 0.6 is 0 Å². The molecule has 4 heteroatoms. The SMILES string of the molecule is N#Cc1ccncc1OCCCc1ccncc1. The maximum Gasteiger partial charge on any atom is 0.155 e. The monoisotopic (exact) mass is 239 g/mol. The number of pyridine rings is 2. The first-order valence-corrected chi connectivity index (χ1v) is 5.76. The standard InChI is InChI=1S/C14H13N3O/c15-10-13-5-8-17-11-14(13)18-9-1-2-12-3-6-16-7-4-12/h3-8,11H,1-2,9H2. The van der Waals surface area contributed by atoms with Crippen molar-refractivity contribution in [3.05, 3.63) is 54.1 Å². The van der Waals surface area contributed by atoms with Gasteiger partial charge in [-0.25, -0.2) is 0 Å². The van der Waals surface area contributed by atoms with Crippen LogP contribution < -0.4 is 4.74 Å². The van der Waals surface area contributed by atoms with E-state index in [2.05, 4.69) is 16.0 Å². The Morgan fingerprint density at radius 2 is 1.89 bits per heavy atom. The normalized spacial score (nSPS) is 9.72. The molecule has 0 saturated heterocycles. The van der Waals surface area contributed by atoms with Crippen LogP contribution in [0.5, 0.6) is 5.75 Å². The van der Waals surface area contributed by atoms with Gasteiger partial charge in [0.2, 0.25) is 0 Å². The molecular weight excluding hydrogens is 226 g/mol. The lowest BCUT2D eigenvalue weighted by Gasteiger charge is -2.06. The molecule has 0 aromatic carbocycles. The van der Waals surface area contributed by atoms with Crippen molar-refractivity contribution in [2.75, 3.05) is 6.61 Å². The first-order valence-electron chi connectivity index (χ1n) is 5.76. The molecule has 90 valence electrons. The summed E-state index contributed by atoms with van der Waals surface area (Å²) in [7, 11) is 0. The largest absolute Gasteiger partial charge is 0.491 e. The molecule has 2 aromatic heterocycles. The summed E-state index contributed by atoms with van der Waals surface area (Å²) in [6.45, 7) is 0.572. The molecule has 0 unspecified atom stereocenters. The Bertz CT molecular complexity index is 534. The van der Waals surface area contributed by atoms with Crippen LogP contribution in [0.4, 0.5) is 0 Å². The van der Waals surface area contributed by atoms with Crippen molar-refractivity contribution in [3.63, 3.8) is 0 Å². The summed E-state index contributed by atoms with van der Waals surface area (Å²) < 4.78 is 5.55. The van der Waals surface area contributed by atoms with E-state index in [9.17, 15) is 0 Å². The van der Waals surface area contributed by atoms with Crippen molar-refractivity contribution in [3.8, 4) is 11.8 Å². The van der Waals surface area contributed by atoms with E-state index < -0.39 is 0 Å². The van der Waals surface area contributed by atoms with Gasteiger partial charge in [-0.15, -0.1) is 0 Å². The fraction of sp³-hybridized carbons (Fsp3) is 0.214. The van der Waals surface area contributed by atoms with Crippen LogP contribution in [-0.4, -0.2) is 16.6 Å². The van der Waals surface area contributed by atoms with Crippen LogP contribution in [0.1, 0.15) is 17.5 Å². The van der Waals surface area contributed by atoms with E-state index in [1.165, 1.54) is 5.56 Å². The average Bonchev–Trinajstić information content (AvgIpc) is 2.45. The maximum absolute atomic E-state index is 8.89. The highest BCUT2D eigenvalue weighted by atomic mass is 16.5. The van der Waals surface area contributed by atoms with E-state index in [4.69, 9.17) is 10.00 Å². The molecule has 4 nitrogen and oxygen atoms in total. The Morgan fingerprint density at radius 3 is 2.67 bits per heavy atom. The number of rotatable bonds is 5. The molecule has 0 atom stereocenters. The number of hydrogen-bond donors (Lipinski definition) is 0. The Morgan fingerprint density at radius 1 is 1.11 bits per heavy atom. The van der Waals surface area contributed by atoms with Crippen molar-refractivity contribution in [1.82, 2.24) is 9.97 Å². The molecule has 0 aliphatic heterocycles. The molecule has 18 heavy (non-hydrogen) atoms. The fourth-order valence-electron chi connectivity index (χ4n) is 1.60. The topological polar surface area (TPSA) is 58.8 Å². The molecule has 0 spiro atoms. The second-order valence-corrected chi connectivity index (χ2v) is 3.79. The van der Waals surface area contributed by atoms with E-state index in [1.807, 2.05) is 12.1 Å². The lowest BCUT2D eigenvalue weighted by molar-refractivity contribution is 0.309. The third-order valence-electron chi connectivity index (χ3n) is 2.52. The maximum atomic E-state index is 8.89. The number of aromatic nitrogens is 2. The Labute approximate surface area is 106 Å². The first-order chi connectivity index (χ1) is 8.90. The van der Waals surface area contributed by atoms with E-state index in [-0.39, 0.29) is 0 Å². The molecule has 2 aromatic rings. The molecule has 0 saturated carbocycles. The molecule has 2 heterocycles. The molecule has 2 rings (SSSR count). The lowest BCUT2D eigenvalue weighted by atomic mass is 10.1. The third kappa shape index (κ3) is 3.29. The minimum absolute atomic E-state index is 0.522. The predicted molar refractivity (Wildman–Crippen MR) is 67.0 cm³/mol. The van der Waals surface area contributed by atoms with Crippen molar-refractivity contribution in [2.45, 2.75) is 12.8 Å². The fourth-order valence-corrected chi connectivity index (χ4v) is 1.60. The van der Waals surface area contributed by atoms with Crippen LogP contribution in [-0.2, 0) is 6.42 Å². The first kappa shape index (κ1) is 12.1. The molecule has 0 bridgehead atoms. The Balaban J connectivity index is 1.81. The van der Waals surface area contributed by atoms with Crippen molar-refractivity contribution >= 4 is 0 Å². The summed E-state index contributed by atoms with van der Waals surface area (Å²) in [5.74, 6) is 0.551. The van der Waals surface area contributed by atoms with Crippen LogP contribution in [0, 0.1) is 11.3 Å². The third-order valence-corrected chi connectivity index (χ3v) is 2.52. The molecular formula is C14H13N3O. The zero-order chi connectivity index (χ0) is 12.6. The number of nitrogens with zero attached hydrogens (tertiary/aromatic N) is 3. The van der Waals surface area contributed by atoms with Crippen molar-refractivity contribution < 1.29 is 4.74 Å². The smallest absolute Gasteiger partial charge is 0.155 e. The highest BCUT2D eigenvalue weighted by Gasteiger charge is 2.02. The zero-order valence-electron chi connectivity index (χ0n) is 9.91. The van der Waals surface area contributed by atoms with Crippen LogP contribution in [0.3, 0.4) is 0 Å². The summed E-state index contributed by atoms with van der Waals surface area (Å²) in [6.07, 6.45) is 8.55. The molecule has 0 aliphatic rings. The van der Waals surface area contributed by atoms with Crippen LogP contribution in [0.2, 0.25) is 0 Å². The Hall–Kier alpha value is -2.41. The summed E-state index contributed by atoms with van der Waals surface area (Å²) >= 11 is 0. The van der Waals surface area contributed by atoms with Gasteiger partial charge in [0.05, 0.1) is 18.4 Å². The molecule has 0 radical (unpaired) electrons. The minimum atomic E-state index is 0.522. The summed E-state index contributed by atoms with van der Waals surface area (Å²) in [5.41, 5.74) is 1.76. The van der Waals surface area contributed by atoms with Gasteiger partial charge in [-0.1, -0.05) is 0 Å². The van der Waals surface area contributed by atoms with Gasteiger partial charge in [0.1, 0.15) is 6.07 Å². The lowest BCUT2D eigenvalue weighted by Crippen LogP contribution is -2.01. The number of ether oxygens (including phenoxy) is 1. The van der Waals surface area contributed by atoms with Gasteiger partial charge in [0.15, 0.2) is 5.75 Å². The highest BCUT2D eigenvalue weighted by molar-refractivity contribution is 5.40. The number of aryl methyl sites for hydroxylation is 1. The van der Waals surface area contributed by atoms with E-state index >= 15 is 0 Å². The molecule has 0 aliphatic carbocycles. The van der Waals surface area contributed by atoms with Gasteiger partial charge in [0.25, 0.3) is 0 Å². The van der Waals surface area contributed by atoms with Gasteiger partial charge in [-0.05, 0) is 36.6 Å². The number of nitriles is 1. The summed E-state index contributed by atoms with van der Waals surface area (Å²) in [6, 6.07) is 7.71. The average molecular weight is 239 g/mol. The predicted octanol–water partition coefficient (Wildman–Crippen LogP) is 2.36. The van der Waals surface area contributed by atoms with Gasteiger partial charge in [0, 0.05) is 18.6 Å². The zero-order valence-corrected chi connectivity index (χ0v) is 9.91. The molecule has 0 amide bonds. The highest BCUT2D eigenvalue weighted by Crippen LogP contribution is 2.15. The van der Waals surface area contributed by atoms with Crippen LogP contribution in [0.25, 0.3) is 0 Å². The second kappa shape index (κ2) is 6.36. The Kier molecular flexibility index (Phi) is 4.26. The molecule has 0 fully saturated rings. The second-order valence-electron chi connectivity index (χ2n) is 3.79. The quantitative estimate of drug-likeness (QED) is 0.751. The summed E-state index contributed by atoms with van der Waals surface area (Å²) in [4.78, 5) is 7.91. The minimum Gasteiger partial charge on any atom is -0.491 e. The van der Waals surface area contributed by atoms with Gasteiger partial charge in [-0.3, -0.25) is 9.97 Å². The van der Waals surface area contributed by atoms with Crippen molar-refractivity contribution in [1.29, 1.82) is 5.26 Å². The van der Waals surface area contributed by atoms with Gasteiger partial charge < -0.3 is 4.74 Å².